The fraction of sp³-hybridized carbons (Fsp3) is 0.353. The van der Waals surface area contributed by atoms with Crippen LogP contribution < -0.4 is 9.47 Å². The molecule has 2 aromatic rings. The third-order valence-corrected chi connectivity index (χ3v) is 5.02. The molecular weight excluding hydrogens is 326 g/mol. The Hall–Kier alpha value is -2.28. The summed E-state index contributed by atoms with van der Waals surface area (Å²) in [4.78, 5) is 14.0. The van der Waals surface area contributed by atoms with E-state index in [2.05, 4.69) is 10.2 Å². The van der Waals surface area contributed by atoms with Gasteiger partial charge in [0.1, 0.15) is 5.03 Å². The molecule has 2 aliphatic rings. The topological polar surface area (TPSA) is 64.5 Å². The first kappa shape index (κ1) is 15.3. The quantitative estimate of drug-likeness (QED) is 0.795. The summed E-state index contributed by atoms with van der Waals surface area (Å²) < 4.78 is 10.7. The van der Waals surface area contributed by atoms with Gasteiger partial charge in [-0.15, -0.1) is 10.2 Å². The van der Waals surface area contributed by atoms with E-state index < -0.39 is 0 Å². The molecule has 1 saturated heterocycles. The van der Waals surface area contributed by atoms with Crippen LogP contribution in [0.1, 0.15) is 12.8 Å². The summed E-state index contributed by atoms with van der Waals surface area (Å²) in [6.07, 6.45) is 2.22. The molecule has 6 nitrogen and oxygen atoms in total. The van der Waals surface area contributed by atoms with Crippen molar-refractivity contribution in [3.05, 3.63) is 30.3 Å². The number of amides is 1. The van der Waals surface area contributed by atoms with E-state index in [4.69, 9.17) is 9.47 Å². The monoisotopic (exact) mass is 343 g/mol. The highest BCUT2D eigenvalue weighted by Crippen LogP contribution is 2.35. The van der Waals surface area contributed by atoms with Gasteiger partial charge in [0.05, 0.1) is 11.4 Å². The SMILES string of the molecule is O=C(CSc1ccc(-c2ccc3c(c2)OCO3)nn1)N1CCCC1. The van der Waals surface area contributed by atoms with Crippen molar-refractivity contribution in [1.82, 2.24) is 15.1 Å². The predicted molar refractivity (Wildman–Crippen MR) is 90.1 cm³/mol. The van der Waals surface area contributed by atoms with E-state index in [0.29, 0.717) is 5.75 Å². The molecule has 1 amide bonds. The Morgan fingerprint density at radius 3 is 2.71 bits per heavy atom. The van der Waals surface area contributed by atoms with Gasteiger partial charge in [-0.3, -0.25) is 4.79 Å². The molecule has 2 aliphatic heterocycles. The first-order valence-corrected chi connectivity index (χ1v) is 8.92. The van der Waals surface area contributed by atoms with Gasteiger partial charge in [0, 0.05) is 18.7 Å². The zero-order chi connectivity index (χ0) is 16.4. The minimum Gasteiger partial charge on any atom is -0.454 e. The lowest BCUT2D eigenvalue weighted by molar-refractivity contribution is -0.127. The number of likely N-dealkylation sites (tertiary alicyclic amines) is 1. The minimum absolute atomic E-state index is 0.180. The Morgan fingerprint density at radius 1 is 1.08 bits per heavy atom. The molecule has 0 N–H and O–H groups in total. The van der Waals surface area contributed by atoms with Crippen LogP contribution in [0.2, 0.25) is 0 Å². The van der Waals surface area contributed by atoms with Crippen molar-refractivity contribution in [3.63, 3.8) is 0 Å². The zero-order valence-corrected chi connectivity index (χ0v) is 13.9. The number of nitrogens with zero attached hydrogens (tertiary/aromatic N) is 3. The molecule has 0 atom stereocenters. The molecule has 7 heteroatoms. The normalized spacial score (nSPS) is 15.8. The van der Waals surface area contributed by atoms with Crippen LogP contribution in [0.5, 0.6) is 11.5 Å². The van der Waals surface area contributed by atoms with Gasteiger partial charge in [0.15, 0.2) is 11.5 Å². The van der Waals surface area contributed by atoms with E-state index >= 15 is 0 Å². The number of hydrogen-bond acceptors (Lipinski definition) is 6. The van der Waals surface area contributed by atoms with Crippen molar-refractivity contribution < 1.29 is 14.3 Å². The van der Waals surface area contributed by atoms with Crippen LogP contribution in [0.3, 0.4) is 0 Å². The molecule has 1 aromatic carbocycles. The summed E-state index contributed by atoms with van der Waals surface area (Å²) in [5.41, 5.74) is 1.69. The van der Waals surface area contributed by atoms with Crippen LogP contribution in [0, 0.1) is 0 Å². The van der Waals surface area contributed by atoms with Crippen LogP contribution >= 0.6 is 11.8 Å². The summed E-state index contributed by atoms with van der Waals surface area (Å²) in [5, 5.41) is 9.23. The lowest BCUT2D eigenvalue weighted by atomic mass is 10.1. The molecule has 124 valence electrons. The summed E-state index contributed by atoms with van der Waals surface area (Å²) >= 11 is 1.43. The molecule has 1 aromatic heterocycles. The molecule has 1 fully saturated rings. The van der Waals surface area contributed by atoms with Crippen molar-refractivity contribution in [2.75, 3.05) is 25.6 Å². The van der Waals surface area contributed by atoms with Crippen LogP contribution in [0.4, 0.5) is 0 Å². The van der Waals surface area contributed by atoms with Gasteiger partial charge in [0.2, 0.25) is 12.7 Å². The Labute approximate surface area is 144 Å². The summed E-state index contributed by atoms with van der Waals surface area (Å²) in [6.45, 7) is 2.02. The second kappa shape index (κ2) is 6.68. The molecule has 3 heterocycles. The molecule has 0 radical (unpaired) electrons. The van der Waals surface area contributed by atoms with E-state index in [1.807, 2.05) is 35.2 Å². The lowest BCUT2D eigenvalue weighted by Gasteiger charge is -2.14. The lowest BCUT2D eigenvalue weighted by Crippen LogP contribution is -2.29. The van der Waals surface area contributed by atoms with Crippen molar-refractivity contribution in [1.29, 1.82) is 0 Å². The average molecular weight is 343 g/mol. The van der Waals surface area contributed by atoms with E-state index in [1.165, 1.54) is 11.8 Å². The van der Waals surface area contributed by atoms with Crippen molar-refractivity contribution >= 4 is 17.7 Å². The van der Waals surface area contributed by atoms with Gasteiger partial charge in [-0.1, -0.05) is 11.8 Å². The number of aromatic nitrogens is 2. The number of benzene rings is 1. The highest BCUT2D eigenvalue weighted by molar-refractivity contribution is 7.99. The molecule has 0 spiro atoms. The third-order valence-electron chi connectivity index (χ3n) is 4.11. The first-order valence-electron chi connectivity index (χ1n) is 7.94. The predicted octanol–water partition coefficient (Wildman–Crippen LogP) is 2.59. The van der Waals surface area contributed by atoms with E-state index in [0.717, 1.165) is 53.7 Å². The maximum Gasteiger partial charge on any atom is 0.232 e. The first-order chi connectivity index (χ1) is 11.8. The van der Waals surface area contributed by atoms with Crippen LogP contribution in [0.15, 0.2) is 35.4 Å². The fourth-order valence-electron chi connectivity index (χ4n) is 2.80. The average Bonchev–Trinajstić information content (AvgIpc) is 3.31. The van der Waals surface area contributed by atoms with Gasteiger partial charge in [-0.25, -0.2) is 0 Å². The number of thioether (sulfide) groups is 1. The number of carbonyl (C=O) groups is 1. The largest absolute Gasteiger partial charge is 0.454 e. The maximum atomic E-state index is 12.0. The van der Waals surface area contributed by atoms with Gasteiger partial charge < -0.3 is 14.4 Å². The van der Waals surface area contributed by atoms with Crippen LogP contribution in [0.25, 0.3) is 11.3 Å². The molecule has 4 rings (SSSR count). The van der Waals surface area contributed by atoms with Crippen LogP contribution in [-0.2, 0) is 4.79 Å². The zero-order valence-electron chi connectivity index (χ0n) is 13.1. The Balaban J connectivity index is 1.40. The number of carbonyl (C=O) groups excluding carboxylic acids is 1. The number of hydrogen-bond donors (Lipinski definition) is 0. The highest BCUT2D eigenvalue weighted by Gasteiger charge is 2.18. The van der Waals surface area contributed by atoms with Gasteiger partial charge in [0.25, 0.3) is 0 Å². The fourth-order valence-corrected chi connectivity index (χ4v) is 3.52. The van der Waals surface area contributed by atoms with Gasteiger partial charge in [-0.2, -0.15) is 0 Å². The standard InChI is InChI=1S/C17H17N3O3S/c21-17(20-7-1-2-8-20)10-24-16-6-4-13(18-19-16)12-3-5-14-15(9-12)23-11-22-14/h3-6,9H,1-2,7-8,10-11H2. The smallest absolute Gasteiger partial charge is 0.232 e. The maximum absolute atomic E-state index is 12.0. The Bertz CT molecular complexity index is 745. The number of ether oxygens (including phenoxy) is 2. The van der Waals surface area contributed by atoms with E-state index in [9.17, 15) is 4.79 Å². The summed E-state index contributed by atoms with van der Waals surface area (Å²) in [7, 11) is 0. The molecule has 0 bridgehead atoms. The molecule has 0 saturated carbocycles. The molecule has 0 aliphatic carbocycles. The molecule has 0 unspecified atom stereocenters. The molecule has 24 heavy (non-hydrogen) atoms. The van der Waals surface area contributed by atoms with E-state index in [1.54, 1.807) is 0 Å². The number of fused-ring (bicyclic) bond motifs is 1. The second-order valence-corrected chi connectivity index (χ2v) is 6.70. The van der Waals surface area contributed by atoms with Gasteiger partial charge >= 0.3 is 0 Å². The number of rotatable bonds is 4. The van der Waals surface area contributed by atoms with Crippen molar-refractivity contribution in [2.45, 2.75) is 17.9 Å². The van der Waals surface area contributed by atoms with Crippen molar-refractivity contribution in [3.8, 4) is 22.8 Å². The van der Waals surface area contributed by atoms with Gasteiger partial charge in [-0.05, 0) is 43.2 Å². The van der Waals surface area contributed by atoms with E-state index in [-0.39, 0.29) is 12.7 Å². The highest BCUT2D eigenvalue weighted by atomic mass is 32.2. The van der Waals surface area contributed by atoms with Crippen LogP contribution in [-0.4, -0.2) is 46.6 Å². The van der Waals surface area contributed by atoms with Crippen molar-refractivity contribution in [2.24, 2.45) is 0 Å². The Kier molecular flexibility index (Phi) is 4.25. The summed E-state index contributed by atoms with van der Waals surface area (Å²) in [5.74, 6) is 2.07. The summed E-state index contributed by atoms with van der Waals surface area (Å²) in [6, 6.07) is 9.51. The Morgan fingerprint density at radius 2 is 1.92 bits per heavy atom. The molecular formula is C17H17N3O3S. The second-order valence-electron chi connectivity index (χ2n) is 5.70. The minimum atomic E-state index is 0.180. The third kappa shape index (κ3) is 3.17.